The van der Waals surface area contributed by atoms with Crippen LogP contribution in [0.4, 0.5) is 0 Å². The summed E-state index contributed by atoms with van der Waals surface area (Å²) in [4.78, 5) is 28.2. The molecule has 5 heteroatoms. The van der Waals surface area contributed by atoms with Gasteiger partial charge in [-0.25, -0.2) is 0 Å². The summed E-state index contributed by atoms with van der Waals surface area (Å²) in [6.07, 6.45) is 40.1. The molecule has 286 valence electrons. The average Bonchev–Trinajstić information content (AvgIpc) is 3.05. The number of unbranched alkanes of at least 4 members (excludes halogenated alkanes) is 27. The van der Waals surface area contributed by atoms with Gasteiger partial charge in [0.1, 0.15) is 6.04 Å². The Morgan fingerprint density at radius 3 is 1.10 bits per heavy atom. The molecule has 0 aromatic carbocycles. The molecule has 0 radical (unpaired) electrons. The van der Waals surface area contributed by atoms with Gasteiger partial charge in [-0.05, 0) is 32.6 Å². The first kappa shape index (κ1) is 46.9. The molecule has 1 atom stereocenters. The zero-order valence-corrected chi connectivity index (χ0v) is 33.8. The predicted octanol–water partition coefficient (Wildman–Crippen LogP) is 12.2. The van der Waals surface area contributed by atoms with Gasteiger partial charge in [0.2, 0.25) is 11.8 Å². The van der Waals surface area contributed by atoms with Gasteiger partial charge < -0.3 is 14.7 Å². The average molecular weight is 679 g/mol. The Labute approximate surface area is 302 Å². The summed E-state index contributed by atoms with van der Waals surface area (Å²) in [6.45, 7) is 9.19. The van der Waals surface area contributed by atoms with Gasteiger partial charge in [-0.2, -0.15) is 0 Å². The molecule has 48 heavy (non-hydrogen) atoms. The highest BCUT2D eigenvalue weighted by Crippen LogP contribution is 2.15. The van der Waals surface area contributed by atoms with Crippen LogP contribution in [0.1, 0.15) is 220 Å². The third-order valence-corrected chi connectivity index (χ3v) is 10.1. The van der Waals surface area contributed by atoms with Crippen molar-refractivity contribution in [3.63, 3.8) is 0 Å². The number of hydrogen-bond acceptors (Lipinski definition) is 2. The molecule has 1 N–H and O–H groups in total. The Hall–Kier alpha value is -1.10. The van der Waals surface area contributed by atoms with E-state index in [9.17, 15) is 9.59 Å². The number of rotatable bonds is 37. The molecule has 0 aliphatic rings. The van der Waals surface area contributed by atoms with Gasteiger partial charge in [0.25, 0.3) is 0 Å². The monoisotopic (exact) mass is 679 g/mol. The third kappa shape index (κ3) is 33.4. The van der Waals surface area contributed by atoms with Gasteiger partial charge in [0.15, 0.2) is 0 Å². The molecule has 0 aromatic heterocycles. The third-order valence-electron chi connectivity index (χ3n) is 10.1. The number of hydrogen-bond donors (Lipinski definition) is 1. The van der Waals surface area contributed by atoms with Crippen molar-refractivity contribution in [2.24, 2.45) is 0 Å². The summed E-state index contributed by atoms with van der Waals surface area (Å²) in [5.41, 5.74) is 0. The first-order valence-corrected chi connectivity index (χ1v) is 21.6. The second-order valence-electron chi connectivity index (χ2n) is 16.3. The van der Waals surface area contributed by atoms with Crippen LogP contribution in [-0.4, -0.2) is 68.0 Å². The van der Waals surface area contributed by atoms with Crippen LogP contribution in [0.3, 0.4) is 0 Å². The van der Waals surface area contributed by atoms with Crippen LogP contribution >= 0.6 is 0 Å². The smallest absolute Gasteiger partial charge is 0.244 e. The molecule has 0 spiro atoms. The zero-order chi connectivity index (χ0) is 35.6. The van der Waals surface area contributed by atoms with E-state index in [1.807, 2.05) is 6.92 Å². The molecule has 0 aliphatic heterocycles. The number of carbonyl (C=O) groups is 2. The van der Waals surface area contributed by atoms with E-state index in [0.717, 1.165) is 49.8 Å². The summed E-state index contributed by atoms with van der Waals surface area (Å²) in [5, 5.41) is 3.03. The van der Waals surface area contributed by atoms with Gasteiger partial charge >= 0.3 is 0 Å². The molecule has 0 bridgehead atoms. The van der Waals surface area contributed by atoms with Crippen molar-refractivity contribution in [1.29, 1.82) is 0 Å². The first-order valence-electron chi connectivity index (χ1n) is 21.6. The standard InChI is InChI=1S/C43H87N3O2/c1-7-9-11-13-15-17-19-21-23-25-27-29-31-34-38-45(43(48)41(3)44-42(47)37-33-36-40-46(4,5)6)39-35-32-30-28-26-24-22-20-18-16-14-12-10-8-2/h41H,7-40H2,1-6H3/p+1. The van der Waals surface area contributed by atoms with Crippen molar-refractivity contribution in [2.75, 3.05) is 40.8 Å². The van der Waals surface area contributed by atoms with E-state index in [1.54, 1.807) is 0 Å². The van der Waals surface area contributed by atoms with Gasteiger partial charge in [0, 0.05) is 19.5 Å². The maximum Gasteiger partial charge on any atom is 0.244 e. The molecule has 0 aromatic rings. The van der Waals surface area contributed by atoms with Gasteiger partial charge in [0.05, 0.1) is 27.7 Å². The highest BCUT2D eigenvalue weighted by Gasteiger charge is 2.21. The molecule has 5 nitrogen and oxygen atoms in total. The van der Waals surface area contributed by atoms with Crippen LogP contribution in [0, 0.1) is 0 Å². The van der Waals surface area contributed by atoms with Crippen LogP contribution < -0.4 is 5.32 Å². The second kappa shape index (κ2) is 34.4. The summed E-state index contributed by atoms with van der Waals surface area (Å²) in [5.74, 6) is 0.129. The lowest BCUT2D eigenvalue weighted by Gasteiger charge is -2.27. The molecule has 0 aliphatic carbocycles. The highest BCUT2D eigenvalue weighted by atomic mass is 16.2. The molecular weight excluding hydrogens is 590 g/mol. The fourth-order valence-corrected chi connectivity index (χ4v) is 6.85. The largest absolute Gasteiger partial charge is 0.345 e. The molecule has 0 saturated carbocycles. The van der Waals surface area contributed by atoms with E-state index in [4.69, 9.17) is 0 Å². The second-order valence-corrected chi connectivity index (χ2v) is 16.3. The molecule has 0 saturated heterocycles. The van der Waals surface area contributed by atoms with E-state index in [1.165, 1.54) is 167 Å². The Morgan fingerprint density at radius 2 is 0.792 bits per heavy atom. The topological polar surface area (TPSA) is 49.4 Å². The predicted molar refractivity (Wildman–Crippen MR) is 212 cm³/mol. The number of nitrogens with zero attached hydrogens (tertiary/aromatic N) is 2. The van der Waals surface area contributed by atoms with Crippen molar-refractivity contribution in [1.82, 2.24) is 10.2 Å². The van der Waals surface area contributed by atoms with Crippen molar-refractivity contribution in [2.45, 2.75) is 226 Å². The van der Waals surface area contributed by atoms with E-state index >= 15 is 0 Å². The first-order chi connectivity index (χ1) is 23.2. The van der Waals surface area contributed by atoms with E-state index < -0.39 is 6.04 Å². The summed E-state index contributed by atoms with van der Waals surface area (Å²) in [7, 11) is 6.56. The van der Waals surface area contributed by atoms with Crippen molar-refractivity contribution in [3.8, 4) is 0 Å². The highest BCUT2D eigenvalue weighted by molar-refractivity contribution is 5.87. The summed E-state index contributed by atoms with van der Waals surface area (Å²) < 4.78 is 0.921. The van der Waals surface area contributed by atoms with Crippen LogP contribution in [0.25, 0.3) is 0 Å². The van der Waals surface area contributed by atoms with Crippen LogP contribution in [-0.2, 0) is 9.59 Å². The van der Waals surface area contributed by atoms with E-state index in [0.29, 0.717) is 6.42 Å². The number of nitrogens with one attached hydrogen (secondary N) is 1. The Balaban J connectivity index is 4.33. The maximum absolute atomic E-state index is 13.5. The summed E-state index contributed by atoms with van der Waals surface area (Å²) in [6, 6.07) is -0.436. The number of amides is 2. The zero-order valence-electron chi connectivity index (χ0n) is 33.8. The molecule has 0 heterocycles. The van der Waals surface area contributed by atoms with Crippen LogP contribution in [0.2, 0.25) is 0 Å². The Morgan fingerprint density at radius 1 is 0.479 bits per heavy atom. The Kier molecular flexibility index (Phi) is 33.6. The minimum absolute atomic E-state index is 0.0187. The quantitative estimate of drug-likeness (QED) is 0.0525. The number of carbonyl (C=O) groups excluding carboxylic acids is 2. The van der Waals surface area contributed by atoms with Crippen molar-refractivity contribution in [3.05, 3.63) is 0 Å². The Bertz CT molecular complexity index is 673. The molecular formula is C43H88N3O2+. The lowest BCUT2D eigenvalue weighted by atomic mass is 10.0. The van der Waals surface area contributed by atoms with Gasteiger partial charge in [-0.1, -0.05) is 181 Å². The fourth-order valence-electron chi connectivity index (χ4n) is 6.85. The fraction of sp³-hybridized carbons (Fsp3) is 0.953. The minimum atomic E-state index is -0.436. The van der Waals surface area contributed by atoms with E-state index in [-0.39, 0.29) is 11.8 Å². The molecule has 0 rings (SSSR count). The maximum atomic E-state index is 13.5. The van der Waals surface area contributed by atoms with Crippen LogP contribution in [0.5, 0.6) is 0 Å². The van der Waals surface area contributed by atoms with E-state index in [2.05, 4.69) is 45.2 Å². The molecule has 2 amide bonds. The van der Waals surface area contributed by atoms with Gasteiger partial charge in [-0.3, -0.25) is 9.59 Å². The summed E-state index contributed by atoms with van der Waals surface area (Å²) >= 11 is 0. The normalized spacial score (nSPS) is 12.4. The lowest BCUT2D eigenvalue weighted by Crippen LogP contribution is -2.47. The van der Waals surface area contributed by atoms with Crippen molar-refractivity contribution >= 4 is 11.8 Å². The van der Waals surface area contributed by atoms with Crippen LogP contribution in [0.15, 0.2) is 0 Å². The van der Waals surface area contributed by atoms with Gasteiger partial charge in [-0.15, -0.1) is 0 Å². The molecule has 0 fully saturated rings. The number of quaternary nitrogens is 1. The van der Waals surface area contributed by atoms with Crippen molar-refractivity contribution < 1.29 is 14.1 Å². The SMILES string of the molecule is CCCCCCCCCCCCCCCCN(CCCCCCCCCCCCCCCC)C(=O)C(C)NC(=O)CCCC[N+](C)(C)C. The lowest BCUT2D eigenvalue weighted by molar-refractivity contribution is -0.870. The molecule has 1 unspecified atom stereocenters. The minimum Gasteiger partial charge on any atom is -0.345 e.